The third-order valence-corrected chi connectivity index (χ3v) is 5.86. The van der Waals surface area contributed by atoms with Crippen LogP contribution in [-0.4, -0.2) is 54.4 Å². The van der Waals surface area contributed by atoms with Gasteiger partial charge in [0.25, 0.3) is 0 Å². The van der Waals surface area contributed by atoms with Gasteiger partial charge in [-0.25, -0.2) is 4.98 Å². The molecular weight excluding hydrogens is 376 g/mol. The number of ether oxygens (including phenoxy) is 2. The molecule has 158 valence electrons. The molecule has 0 amide bonds. The lowest BCUT2D eigenvalue weighted by molar-refractivity contribution is -0.0826. The van der Waals surface area contributed by atoms with E-state index in [9.17, 15) is 0 Å². The van der Waals surface area contributed by atoms with E-state index in [-0.39, 0.29) is 11.7 Å². The Morgan fingerprint density at radius 1 is 1.27 bits per heavy atom. The molecule has 1 aromatic heterocycles. The van der Waals surface area contributed by atoms with Crippen molar-refractivity contribution < 1.29 is 9.47 Å². The summed E-state index contributed by atoms with van der Waals surface area (Å²) in [7, 11) is 0. The van der Waals surface area contributed by atoms with Crippen molar-refractivity contribution in [2.24, 2.45) is 0 Å². The van der Waals surface area contributed by atoms with Crippen molar-refractivity contribution in [3.05, 3.63) is 58.8 Å². The van der Waals surface area contributed by atoms with Crippen LogP contribution in [0.15, 0.2) is 36.5 Å². The molecule has 2 aliphatic heterocycles. The van der Waals surface area contributed by atoms with Gasteiger partial charge in [-0.2, -0.15) is 5.26 Å². The van der Waals surface area contributed by atoms with E-state index in [4.69, 9.17) is 14.7 Å². The van der Waals surface area contributed by atoms with Gasteiger partial charge >= 0.3 is 0 Å². The topological polar surface area (TPSA) is 70.4 Å². The van der Waals surface area contributed by atoms with Gasteiger partial charge in [-0.1, -0.05) is 29.3 Å². The molecule has 2 saturated heterocycles. The van der Waals surface area contributed by atoms with Crippen LogP contribution in [0.3, 0.4) is 0 Å². The van der Waals surface area contributed by atoms with Crippen LogP contribution < -0.4 is 5.32 Å². The zero-order chi connectivity index (χ0) is 21.0. The second-order valence-corrected chi connectivity index (χ2v) is 8.65. The number of nitrogens with one attached hydrogen (secondary N) is 1. The maximum atomic E-state index is 8.89. The molecule has 0 radical (unpaired) electrons. The lowest BCUT2D eigenvalue weighted by atomic mass is 9.99. The van der Waals surface area contributed by atoms with Crippen LogP contribution in [0.4, 0.5) is 5.82 Å². The lowest BCUT2D eigenvalue weighted by Gasteiger charge is -2.32. The molecule has 1 spiro atoms. The van der Waals surface area contributed by atoms with Crippen LogP contribution in [-0.2, 0) is 16.0 Å². The maximum Gasteiger partial charge on any atom is 0.126 e. The minimum Gasteiger partial charge on any atom is -0.377 e. The zero-order valence-electron chi connectivity index (χ0n) is 17.9. The summed E-state index contributed by atoms with van der Waals surface area (Å²) in [5, 5.41) is 12.2. The van der Waals surface area contributed by atoms with Crippen molar-refractivity contribution in [2.75, 3.05) is 38.2 Å². The number of aromatic nitrogens is 1. The number of aryl methyl sites for hydroxylation is 2. The summed E-state index contributed by atoms with van der Waals surface area (Å²) in [6.07, 6.45) is 3.73. The Morgan fingerprint density at radius 3 is 2.83 bits per heavy atom. The predicted molar refractivity (Wildman–Crippen MR) is 116 cm³/mol. The number of hydrogen-bond donors (Lipinski definition) is 1. The summed E-state index contributed by atoms with van der Waals surface area (Å²) in [6.45, 7) is 9.17. The third kappa shape index (κ3) is 5.17. The Morgan fingerprint density at radius 2 is 2.10 bits per heavy atom. The quantitative estimate of drug-likeness (QED) is 0.820. The van der Waals surface area contributed by atoms with E-state index in [0.29, 0.717) is 18.7 Å². The molecule has 0 saturated carbocycles. The molecule has 4 rings (SSSR count). The van der Waals surface area contributed by atoms with Gasteiger partial charge in [-0.05, 0) is 44.4 Å². The monoisotopic (exact) mass is 406 g/mol. The Hall–Kier alpha value is -2.46. The first-order chi connectivity index (χ1) is 14.5. The number of rotatable bonds is 5. The number of anilines is 1. The highest BCUT2D eigenvalue weighted by molar-refractivity contribution is 5.39. The van der Waals surface area contributed by atoms with Gasteiger partial charge in [0.2, 0.25) is 0 Å². The minimum absolute atomic E-state index is 0.132. The molecule has 30 heavy (non-hydrogen) atoms. The molecule has 0 aliphatic carbocycles. The van der Waals surface area contributed by atoms with Crippen molar-refractivity contribution in [1.82, 2.24) is 9.88 Å². The molecule has 2 aliphatic rings. The highest BCUT2D eigenvalue weighted by atomic mass is 16.6. The van der Waals surface area contributed by atoms with Gasteiger partial charge in [0, 0.05) is 32.4 Å². The molecule has 0 bridgehead atoms. The van der Waals surface area contributed by atoms with Gasteiger partial charge in [-0.3, -0.25) is 4.90 Å². The average molecular weight is 407 g/mol. The van der Waals surface area contributed by atoms with Crippen molar-refractivity contribution >= 4 is 5.82 Å². The number of nitriles is 1. The fourth-order valence-electron chi connectivity index (χ4n) is 4.58. The molecule has 2 aromatic rings. The average Bonchev–Trinajstić information content (AvgIpc) is 3.01. The second kappa shape index (κ2) is 9.13. The Balaban J connectivity index is 1.35. The van der Waals surface area contributed by atoms with Crippen LogP contribution in [0.25, 0.3) is 0 Å². The van der Waals surface area contributed by atoms with Gasteiger partial charge in [0.15, 0.2) is 0 Å². The van der Waals surface area contributed by atoms with Crippen molar-refractivity contribution in [3.63, 3.8) is 0 Å². The molecule has 1 N–H and O–H groups in total. The van der Waals surface area contributed by atoms with E-state index in [1.165, 1.54) is 16.7 Å². The second-order valence-electron chi connectivity index (χ2n) is 8.65. The summed E-state index contributed by atoms with van der Waals surface area (Å²) >= 11 is 0. The van der Waals surface area contributed by atoms with E-state index in [2.05, 4.69) is 53.3 Å². The van der Waals surface area contributed by atoms with E-state index in [1.807, 2.05) is 6.07 Å². The molecule has 0 unspecified atom stereocenters. The van der Waals surface area contributed by atoms with Gasteiger partial charge in [0.05, 0.1) is 24.9 Å². The fraction of sp³-hybridized carbons (Fsp3) is 0.500. The summed E-state index contributed by atoms with van der Waals surface area (Å²) in [5.41, 5.74) is 4.31. The summed E-state index contributed by atoms with van der Waals surface area (Å²) in [5.74, 6) is 0.770. The number of hydrogen-bond acceptors (Lipinski definition) is 6. The van der Waals surface area contributed by atoms with Gasteiger partial charge in [0.1, 0.15) is 17.5 Å². The Bertz CT molecular complexity index is 888. The minimum atomic E-state index is -0.236. The maximum absolute atomic E-state index is 8.89. The normalized spacial score (nSPS) is 24.5. The van der Waals surface area contributed by atoms with E-state index in [0.717, 1.165) is 44.9 Å². The molecule has 6 nitrogen and oxygen atoms in total. The van der Waals surface area contributed by atoms with Crippen LogP contribution in [0, 0.1) is 25.2 Å². The first-order valence-corrected chi connectivity index (χ1v) is 10.7. The molecule has 1 aromatic carbocycles. The van der Waals surface area contributed by atoms with Crippen molar-refractivity contribution in [1.29, 1.82) is 5.26 Å². The first kappa shape index (κ1) is 20.8. The predicted octanol–water partition coefficient (Wildman–Crippen LogP) is 3.43. The lowest BCUT2D eigenvalue weighted by Crippen LogP contribution is -2.44. The number of nitrogens with zero attached hydrogens (tertiary/aromatic N) is 3. The van der Waals surface area contributed by atoms with E-state index < -0.39 is 0 Å². The summed E-state index contributed by atoms with van der Waals surface area (Å²) in [6, 6.07) is 12.5. The fourth-order valence-corrected chi connectivity index (χ4v) is 4.58. The number of pyridine rings is 1. The van der Waals surface area contributed by atoms with Crippen LogP contribution in [0.2, 0.25) is 0 Å². The molecule has 6 heteroatoms. The standard InChI is InChI=1S/C24H30N4O2/c1-18-9-19(2)11-21(10-18)15-28-7-8-29-17-24(16-28)6-5-22(30-24)14-27-23-4-3-20(12-25)13-26-23/h3-4,9-11,13,22H,5-8,14-17H2,1-2H3,(H,26,27)/t22-,24-/m1/s1. The van der Waals surface area contributed by atoms with Crippen LogP contribution in [0.5, 0.6) is 0 Å². The third-order valence-electron chi connectivity index (χ3n) is 5.86. The smallest absolute Gasteiger partial charge is 0.126 e. The first-order valence-electron chi connectivity index (χ1n) is 10.7. The van der Waals surface area contributed by atoms with E-state index >= 15 is 0 Å². The zero-order valence-corrected chi connectivity index (χ0v) is 17.9. The van der Waals surface area contributed by atoms with Gasteiger partial charge in [-0.15, -0.1) is 0 Å². The largest absolute Gasteiger partial charge is 0.377 e. The summed E-state index contributed by atoms with van der Waals surface area (Å²) in [4.78, 5) is 6.75. The van der Waals surface area contributed by atoms with Gasteiger partial charge < -0.3 is 14.8 Å². The van der Waals surface area contributed by atoms with Crippen LogP contribution in [0.1, 0.15) is 35.1 Å². The molecule has 2 fully saturated rings. The molecule has 2 atom stereocenters. The van der Waals surface area contributed by atoms with Crippen molar-refractivity contribution in [2.45, 2.75) is 44.9 Å². The number of benzene rings is 1. The van der Waals surface area contributed by atoms with Crippen molar-refractivity contribution in [3.8, 4) is 6.07 Å². The SMILES string of the molecule is Cc1cc(C)cc(CN2CCOC[C@@]3(CC[C@H](CNc4ccc(C#N)cn4)O3)C2)c1. The Kier molecular flexibility index (Phi) is 6.33. The summed E-state index contributed by atoms with van der Waals surface area (Å²) < 4.78 is 12.5. The highest BCUT2D eigenvalue weighted by Gasteiger charge is 2.42. The molecule has 3 heterocycles. The van der Waals surface area contributed by atoms with E-state index in [1.54, 1.807) is 12.3 Å². The highest BCUT2D eigenvalue weighted by Crippen LogP contribution is 2.33. The molecular formula is C24H30N4O2. The van der Waals surface area contributed by atoms with Crippen LogP contribution >= 0.6 is 0 Å². The Labute approximate surface area is 178 Å².